The Balaban J connectivity index is 0.00000320. The molecule has 2 nitrogen and oxygen atoms in total. The van der Waals surface area contributed by atoms with E-state index < -0.39 is 6.10 Å². The molecule has 1 N–H and O–H groups in total. The number of fused-ring (bicyclic) bond motifs is 3. The zero-order chi connectivity index (χ0) is 21.0. The van der Waals surface area contributed by atoms with Gasteiger partial charge in [-0.2, -0.15) is 0 Å². The van der Waals surface area contributed by atoms with Gasteiger partial charge in [-0.05, 0) is 87.7 Å². The Morgan fingerprint density at radius 1 is 0.800 bits per heavy atom. The number of hydrogen-bond acceptors (Lipinski definition) is 2. The number of halogens is 4. The van der Waals surface area contributed by atoms with Gasteiger partial charge in [-0.15, -0.1) is 12.4 Å². The topological polar surface area (TPSA) is 23.5 Å². The highest BCUT2D eigenvalue weighted by Crippen LogP contribution is 2.41. The molecule has 6 heteroatoms. The van der Waals surface area contributed by atoms with Crippen molar-refractivity contribution < 1.29 is 5.11 Å². The Bertz CT molecular complexity index is 987. The summed E-state index contributed by atoms with van der Waals surface area (Å²) in [6.45, 7) is 7.16. The van der Waals surface area contributed by atoms with E-state index in [4.69, 9.17) is 0 Å². The molecule has 0 heterocycles. The van der Waals surface area contributed by atoms with Crippen LogP contribution in [0.25, 0.3) is 21.5 Å². The van der Waals surface area contributed by atoms with Crippen LogP contribution in [0.4, 0.5) is 0 Å². The molecule has 0 amide bonds. The molecule has 0 aliphatic rings. The van der Waals surface area contributed by atoms with Crippen LogP contribution >= 0.6 is 60.2 Å². The summed E-state index contributed by atoms with van der Waals surface area (Å²) < 4.78 is 3.04. The first-order chi connectivity index (χ1) is 14.0. The Kier molecular flexibility index (Phi) is 10.6. The Morgan fingerprint density at radius 2 is 1.30 bits per heavy atom. The van der Waals surface area contributed by atoms with E-state index in [0.717, 1.165) is 55.7 Å². The second-order valence-electron chi connectivity index (χ2n) is 7.63. The zero-order valence-electron chi connectivity index (χ0n) is 17.4. The molecule has 164 valence electrons. The SMILES string of the molecule is CCCCN(CCCC)CC(O)c1c(Br)c2cc(Br)ccc2c2ccc(Br)cc12.Cl. The minimum atomic E-state index is -0.557. The molecule has 0 aliphatic heterocycles. The predicted octanol–water partition coefficient (Wildman–Crippen LogP) is 8.64. The van der Waals surface area contributed by atoms with Gasteiger partial charge >= 0.3 is 0 Å². The van der Waals surface area contributed by atoms with Gasteiger partial charge in [0.2, 0.25) is 0 Å². The fraction of sp³-hybridized carbons (Fsp3) is 0.417. The highest BCUT2D eigenvalue weighted by Gasteiger charge is 2.21. The summed E-state index contributed by atoms with van der Waals surface area (Å²) >= 11 is 11.1. The van der Waals surface area contributed by atoms with Crippen LogP contribution in [0, 0.1) is 0 Å². The van der Waals surface area contributed by atoms with Crippen molar-refractivity contribution in [2.24, 2.45) is 0 Å². The van der Waals surface area contributed by atoms with E-state index in [1.54, 1.807) is 0 Å². The quantitative estimate of drug-likeness (QED) is 0.242. The molecule has 0 radical (unpaired) electrons. The maximum absolute atomic E-state index is 11.4. The van der Waals surface area contributed by atoms with Crippen LogP contribution in [0.2, 0.25) is 0 Å². The van der Waals surface area contributed by atoms with Crippen molar-refractivity contribution in [2.45, 2.75) is 45.6 Å². The van der Waals surface area contributed by atoms with Crippen molar-refractivity contribution in [3.63, 3.8) is 0 Å². The molecule has 0 aromatic heterocycles. The van der Waals surface area contributed by atoms with Crippen LogP contribution in [0.15, 0.2) is 49.8 Å². The third-order valence-electron chi connectivity index (χ3n) is 5.44. The smallest absolute Gasteiger partial charge is 0.0934 e. The molecule has 1 atom stereocenters. The van der Waals surface area contributed by atoms with Crippen molar-refractivity contribution >= 4 is 81.7 Å². The monoisotopic (exact) mass is 619 g/mol. The standard InChI is InChI=1S/C24H28Br3NO.ClH/c1-3-5-11-28(12-6-4-2)15-22(29)23-20-13-16(25)7-9-18(20)19-10-8-17(26)14-21(19)24(23)27;/h7-10,13-14,22,29H,3-6,11-12,15H2,1-2H3;1H. The van der Waals surface area contributed by atoms with Crippen LogP contribution < -0.4 is 0 Å². The minimum absolute atomic E-state index is 0. The number of benzene rings is 3. The average molecular weight is 623 g/mol. The third kappa shape index (κ3) is 5.99. The lowest BCUT2D eigenvalue weighted by Gasteiger charge is -2.27. The number of nitrogens with zero attached hydrogens (tertiary/aromatic N) is 1. The molecule has 0 bridgehead atoms. The number of hydrogen-bond donors (Lipinski definition) is 1. The molecule has 3 aromatic carbocycles. The second kappa shape index (κ2) is 12.2. The lowest BCUT2D eigenvalue weighted by molar-refractivity contribution is 0.112. The highest BCUT2D eigenvalue weighted by molar-refractivity contribution is 9.11. The van der Waals surface area contributed by atoms with Crippen LogP contribution in [0.1, 0.15) is 51.2 Å². The maximum atomic E-state index is 11.4. The summed E-state index contributed by atoms with van der Waals surface area (Å²) in [5.41, 5.74) is 0.977. The molecule has 3 rings (SSSR count). The third-order valence-corrected chi connectivity index (χ3v) is 7.28. The fourth-order valence-corrected chi connectivity index (χ4v) is 5.42. The molecule has 0 aliphatic carbocycles. The van der Waals surface area contributed by atoms with Gasteiger partial charge in [-0.3, -0.25) is 0 Å². The zero-order valence-corrected chi connectivity index (χ0v) is 23.0. The Morgan fingerprint density at radius 3 is 1.83 bits per heavy atom. The van der Waals surface area contributed by atoms with E-state index in [1.165, 1.54) is 23.6 Å². The minimum Gasteiger partial charge on any atom is -0.387 e. The summed E-state index contributed by atoms with van der Waals surface area (Å²) in [5, 5.41) is 16.0. The molecule has 0 saturated carbocycles. The predicted molar refractivity (Wildman–Crippen MR) is 143 cm³/mol. The van der Waals surface area contributed by atoms with E-state index in [2.05, 4.69) is 103 Å². The molecule has 1 unspecified atom stereocenters. The van der Waals surface area contributed by atoms with Crippen molar-refractivity contribution in [3.05, 3.63) is 55.4 Å². The average Bonchev–Trinajstić information content (AvgIpc) is 2.70. The summed E-state index contributed by atoms with van der Waals surface area (Å²) in [5.74, 6) is 0. The van der Waals surface area contributed by atoms with E-state index >= 15 is 0 Å². The van der Waals surface area contributed by atoms with Gasteiger partial charge in [0.05, 0.1) is 6.10 Å². The molecule has 30 heavy (non-hydrogen) atoms. The van der Waals surface area contributed by atoms with E-state index in [-0.39, 0.29) is 12.4 Å². The number of rotatable bonds is 9. The van der Waals surface area contributed by atoms with Crippen molar-refractivity contribution in [2.75, 3.05) is 19.6 Å². The van der Waals surface area contributed by atoms with Crippen LogP contribution in [0.3, 0.4) is 0 Å². The molecular formula is C24H29Br3ClNO. The van der Waals surface area contributed by atoms with Crippen LogP contribution in [0.5, 0.6) is 0 Å². The summed E-state index contributed by atoms with van der Waals surface area (Å²) in [6, 6.07) is 12.7. The normalized spacial score (nSPS) is 12.5. The van der Waals surface area contributed by atoms with Crippen LogP contribution in [-0.4, -0.2) is 29.6 Å². The molecule has 0 spiro atoms. The highest BCUT2D eigenvalue weighted by atomic mass is 79.9. The first kappa shape index (κ1) is 26.1. The maximum Gasteiger partial charge on any atom is 0.0934 e. The van der Waals surface area contributed by atoms with E-state index in [9.17, 15) is 5.11 Å². The fourth-order valence-electron chi connectivity index (χ4n) is 3.89. The van der Waals surface area contributed by atoms with Crippen molar-refractivity contribution in [1.82, 2.24) is 4.90 Å². The molecule has 0 saturated heterocycles. The Hall–Kier alpha value is -0.170. The van der Waals surface area contributed by atoms with E-state index in [0.29, 0.717) is 6.54 Å². The Labute approximate surface area is 211 Å². The second-order valence-corrected chi connectivity index (χ2v) is 10.3. The number of aliphatic hydroxyl groups is 1. The number of aliphatic hydroxyl groups excluding tert-OH is 1. The van der Waals surface area contributed by atoms with Gasteiger partial charge in [0.1, 0.15) is 0 Å². The lowest BCUT2D eigenvalue weighted by atomic mass is 9.94. The van der Waals surface area contributed by atoms with Crippen LogP contribution in [-0.2, 0) is 0 Å². The lowest BCUT2D eigenvalue weighted by Crippen LogP contribution is -2.31. The molecule has 3 aromatic rings. The van der Waals surface area contributed by atoms with Gasteiger partial charge in [-0.1, -0.05) is 70.7 Å². The molecular weight excluding hydrogens is 593 g/mol. The van der Waals surface area contributed by atoms with Gasteiger partial charge in [0.15, 0.2) is 0 Å². The first-order valence-corrected chi connectivity index (χ1v) is 12.7. The van der Waals surface area contributed by atoms with E-state index in [1.807, 2.05) is 0 Å². The van der Waals surface area contributed by atoms with Crippen molar-refractivity contribution in [3.8, 4) is 0 Å². The first-order valence-electron chi connectivity index (χ1n) is 10.4. The summed E-state index contributed by atoms with van der Waals surface area (Å²) in [4.78, 5) is 2.42. The largest absolute Gasteiger partial charge is 0.387 e. The number of unbranched alkanes of at least 4 members (excludes halogenated alkanes) is 2. The van der Waals surface area contributed by atoms with Crippen molar-refractivity contribution in [1.29, 1.82) is 0 Å². The van der Waals surface area contributed by atoms with Gasteiger partial charge < -0.3 is 10.0 Å². The molecule has 0 fully saturated rings. The van der Waals surface area contributed by atoms with Gasteiger partial charge in [0.25, 0.3) is 0 Å². The summed E-state index contributed by atoms with van der Waals surface area (Å²) in [7, 11) is 0. The van der Waals surface area contributed by atoms with Gasteiger partial charge in [0, 0.05) is 25.5 Å². The summed E-state index contributed by atoms with van der Waals surface area (Å²) in [6.07, 6.45) is 4.10. The van der Waals surface area contributed by atoms with Gasteiger partial charge in [-0.25, -0.2) is 0 Å².